The van der Waals surface area contributed by atoms with Gasteiger partial charge in [-0.3, -0.25) is 10.1 Å². The third kappa shape index (κ3) is 4.31. The number of nitrogens with one attached hydrogen (secondary N) is 2. The number of rotatable bonds is 3. The first-order valence-corrected chi connectivity index (χ1v) is 9.56. The summed E-state index contributed by atoms with van der Waals surface area (Å²) >= 11 is 3.58. The third-order valence-corrected chi connectivity index (χ3v) is 6.58. The maximum absolute atomic E-state index is 12.3. The highest BCUT2D eigenvalue weighted by Crippen LogP contribution is 2.26. The Bertz CT molecular complexity index is 501. The highest BCUT2D eigenvalue weighted by Gasteiger charge is 2.25. The molecule has 3 rings (SSSR count). The normalized spacial score (nSPS) is 22.9. The molecule has 1 atom stereocenters. The van der Waals surface area contributed by atoms with E-state index in [2.05, 4.69) is 20.7 Å². The standard InChI is InChI=1S/C13H21N5OS2.ClH/c1-18-13(16-12(19)10-8-20-6-7-21-10)15-11(17-18)9-2-4-14-5-3-9;/h9-10,14H,2-8H2,1H3,(H,15,16,17,19);1H. The highest BCUT2D eigenvalue weighted by atomic mass is 35.5. The first-order valence-electron chi connectivity index (χ1n) is 7.36. The van der Waals surface area contributed by atoms with E-state index in [0.29, 0.717) is 11.9 Å². The lowest BCUT2D eigenvalue weighted by Gasteiger charge is -2.20. The van der Waals surface area contributed by atoms with Gasteiger partial charge in [-0.25, -0.2) is 4.68 Å². The molecule has 0 aromatic carbocycles. The summed E-state index contributed by atoms with van der Waals surface area (Å²) in [6.07, 6.45) is 2.12. The number of anilines is 1. The minimum Gasteiger partial charge on any atom is -0.317 e. The van der Waals surface area contributed by atoms with E-state index in [1.165, 1.54) is 0 Å². The fourth-order valence-corrected chi connectivity index (χ4v) is 5.15. The van der Waals surface area contributed by atoms with Crippen molar-refractivity contribution in [2.45, 2.75) is 24.0 Å². The minimum atomic E-state index is 0. The Hall–Kier alpha value is -0.440. The van der Waals surface area contributed by atoms with Crippen LogP contribution in [0.1, 0.15) is 24.6 Å². The van der Waals surface area contributed by atoms with Gasteiger partial charge >= 0.3 is 0 Å². The fraction of sp³-hybridized carbons (Fsp3) is 0.769. The van der Waals surface area contributed by atoms with Crippen LogP contribution in [-0.4, -0.2) is 56.3 Å². The van der Waals surface area contributed by atoms with Crippen molar-refractivity contribution in [2.24, 2.45) is 7.05 Å². The number of piperidine rings is 1. The largest absolute Gasteiger partial charge is 0.317 e. The van der Waals surface area contributed by atoms with Crippen molar-refractivity contribution in [3.8, 4) is 0 Å². The van der Waals surface area contributed by atoms with Gasteiger partial charge in [0, 0.05) is 30.2 Å². The van der Waals surface area contributed by atoms with Crippen molar-refractivity contribution in [1.82, 2.24) is 20.1 Å². The number of amides is 1. The van der Waals surface area contributed by atoms with Gasteiger partial charge < -0.3 is 5.32 Å². The van der Waals surface area contributed by atoms with Gasteiger partial charge in [-0.1, -0.05) is 0 Å². The smallest absolute Gasteiger partial charge is 0.240 e. The second-order valence-corrected chi connectivity index (χ2v) is 7.83. The van der Waals surface area contributed by atoms with Crippen molar-refractivity contribution in [3.63, 3.8) is 0 Å². The Balaban J connectivity index is 0.00000176. The maximum atomic E-state index is 12.3. The Kier molecular flexibility index (Phi) is 6.86. The number of aryl methyl sites for hydroxylation is 1. The van der Waals surface area contributed by atoms with Crippen LogP contribution in [0.4, 0.5) is 5.95 Å². The molecule has 1 unspecified atom stereocenters. The zero-order valence-electron chi connectivity index (χ0n) is 12.6. The van der Waals surface area contributed by atoms with E-state index in [1.54, 1.807) is 16.4 Å². The number of hydrogen-bond acceptors (Lipinski definition) is 6. The third-order valence-electron chi connectivity index (χ3n) is 3.83. The Morgan fingerprint density at radius 2 is 2.14 bits per heavy atom. The number of hydrogen-bond donors (Lipinski definition) is 2. The molecule has 2 aliphatic heterocycles. The maximum Gasteiger partial charge on any atom is 0.240 e. The lowest BCUT2D eigenvalue weighted by Crippen LogP contribution is -2.31. The molecular weight excluding hydrogens is 342 g/mol. The monoisotopic (exact) mass is 363 g/mol. The van der Waals surface area contributed by atoms with Gasteiger partial charge in [0.15, 0.2) is 5.82 Å². The van der Waals surface area contributed by atoms with Crippen LogP contribution in [0.3, 0.4) is 0 Å². The van der Waals surface area contributed by atoms with Gasteiger partial charge in [-0.15, -0.1) is 24.2 Å². The van der Waals surface area contributed by atoms with E-state index in [-0.39, 0.29) is 23.6 Å². The molecule has 2 fully saturated rings. The van der Waals surface area contributed by atoms with Gasteiger partial charge in [0.2, 0.25) is 11.9 Å². The molecule has 0 saturated carbocycles. The van der Waals surface area contributed by atoms with E-state index >= 15 is 0 Å². The predicted octanol–water partition coefficient (Wildman–Crippen LogP) is 1.49. The van der Waals surface area contributed by atoms with E-state index in [0.717, 1.165) is 49.0 Å². The van der Waals surface area contributed by atoms with E-state index in [9.17, 15) is 4.79 Å². The summed E-state index contributed by atoms with van der Waals surface area (Å²) in [5.41, 5.74) is 0. The Morgan fingerprint density at radius 3 is 2.82 bits per heavy atom. The molecule has 124 valence electrons. The van der Waals surface area contributed by atoms with Crippen LogP contribution < -0.4 is 10.6 Å². The van der Waals surface area contributed by atoms with E-state index in [1.807, 2.05) is 18.8 Å². The van der Waals surface area contributed by atoms with Crippen molar-refractivity contribution in [1.29, 1.82) is 0 Å². The summed E-state index contributed by atoms with van der Waals surface area (Å²) in [5, 5.41) is 10.8. The summed E-state index contributed by atoms with van der Waals surface area (Å²) < 4.78 is 1.69. The molecule has 1 amide bonds. The molecule has 2 aliphatic rings. The number of nitrogens with zero attached hydrogens (tertiary/aromatic N) is 3. The lowest BCUT2D eigenvalue weighted by atomic mass is 9.98. The average molecular weight is 364 g/mol. The second-order valence-electron chi connectivity index (χ2n) is 5.37. The number of thioether (sulfide) groups is 2. The summed E-state index contributed by atoms with van der Waals surface area (Å²) in [5.74, 6) is 4.96. The average Bonchev–Trinajstić information content (AvgIpc) is 2.90. The summed E-state index contributed by atoms with van der Waals surface area (Å²) in [6.45, 7) is 2.03. The van der Waals surface area contributed by atoms with Crippen molar-refractivity contribution >= 4 is 47.8 Å². The molecule has 0 aliphatic carbocycles. The summed E-state index contributed by atoms with van der Waals surface area (Å²) in [7, 11) is 1.84. The number of halogens is 1. The SMILES string of the molecule is Cl.Cn1nc(C2CCNCC2)nc1NC(=O)C1CSCCS1. The molecule has 9 heteroatoms. The van der Waals surface area contributed by atoms with Crippen molar-refractivity contribution < 1.29 is 4.79 Å². The molecule has 0 bridgehead atoms. The zero-order valence-corrected chi connectivity index (χ0v) is 15.0. The lowest BCUT2D eigenvalue weighted by molar-refractivity contribution is -0.115. The van der Waals surface area contributed by atoms with Crippen molar-refractivity contribution in [3.05, 3.63) is 5.82 Å². The minimum absolute atomic E-state index is 0. The summed E-state index contributed by atoms with van der Waals surface area (Å²) in [4.78, 5) is 16.8. The van der Waals surface area contributed by atoms with Gasteiger partial charge in [0.05, 0.1) is 5.25 Å². The van der Waals surface area contributed by atoms with Crippen LogP contribution in [0.25, 0.3) is 0 Å². The number of aromatic nitrogens is 3. The van der Waals surface area contributed by atoms with Gasteiger partial charge in [-0.05, 0) is 25.9 Å². The van der Waals surface area contributed by atoms with Crippen molar-refractivity contribution in [2.75, 3.05) is 35.7 Å². The Morgan fingerprint density at radius 1 is 1.36 bits per heavy atom. The van der Waals surface area contributed by atoms with Crippen LogP contribution >= 0.6 is 35.9 Å². The number of carbonyl (C=O) groups is 1. The molecule has 2 saturated heterocycles. The first kappa shape index (κ1) is 17.9. The summed E-state index contributed by atoms with van der Waals surface area (Å²) in [6, 6.07) is 0. The molecule has 6 nitrogen and oxygen atoms in total. The molecule has 0 radical (unpaired) electrons. The van der Waals surface area contributed by atoms with Gasteiger partial charge in [0.1, 0.15) is 0 Å². The highest BCUT2D eigenvalue weighted by molar-refractivity contribution is 8.07. The van der Waals surface area contributed by atoms with Crippen LogP contribution in [-0.2, 0) is 11.8 Å². The van der Waals surface area contributed by atoms with Crippen LogP contribution in [0, 0.1) is 0 Å². The topological polar surface area (TPSA) is 71.8 Å². The molecule has 3 heterocycles. The fourth-order valence-electron chi connectivity index (χ4n) is 2.60. The molecular formula is C13H22ClN5OS2. The van der Waals surface area contributed by atoms with Crippen LogP contribution in [0.5, 0.6) is 0 Å². The first-order chi connectivity index (χ1) is 10.2. The molecule has 0 spiro atoms. The molecule has 22 heavy (non-hydrogen) atoms. The van der Waals surface area contributed by atoms with Gasteiger partial charge in [0.25, 0.3) is 0 Å². The van der Waals surface area contributed by atoms with E-state index < -0.39 is 0 Å². The van der Waals surface area contributed by atoms with Gasteiger partial charge in [-0.2, -0.15) is 21.8 Å². The predicted molar refractivity (Wildman–Crippen MR) is 95.3 cm³/mol. The molecule has 2 N–H and O–H groups in total. The number of carbonyl (C=O) groups excluding carboxylic acids is 1. The zero-order chi connectivity index (χ0) is 14.7. The molecule has 1 aromatic heterocycles. The van der Waals surface area contributed by atoms with Crippen LogP contribution in [0.2, 0.25) is 0 Å². The van der Waals surface area contributed by atoms with E-state index in [4.69, 9.17) is 0 Å². The molecule has 1 aromatic rings. The second kappa shape index (κ2) is 8.42. The van der Waals surface area contributed by atoms with Crippen LogP contribution in [0.15, 0.2) is 0 Å². The quantitative estimate of drug-likeness (QED) is 0.847. The Labute approximate surface area is 145 Å².